The van der Waals surface area contributed by atoms with Crippen molar-refractivity contribution in [2.24, 2.45) is 26.8 Å². The van der Waals surface area contributed by atoms with Gasteiger partial charge < -0.3 is 15.5 Å². The molecule has 3 N–H and O–H groups in total. The van der Waals surface area contributed by atoms with E-state index >= 15 is 0 Å². The Balaban J connectivity index is 0.000000623. The number of carboxylic acid groups (broad SMARTS) is 1. The van der Waals surface area contributed by atoms with E-state index in [2.05, 4.69) is 71.7 Å². The van der Waals surface area contributed by atoms with Gasteiger partial charge in [0.15, 0.2) is 0 Å². The van der Waals surface area contributed by atoms with Crippen LogP contribution < -0.4 is 5.32 Å². The first-order valence-corrected chi connectivity index (χ1v) is 14.3. The highest BCUT2D eigenvalue weighted by Crippen LogP contribution is 2.45. The zero-order valence-corrected chi connectivity index (χ0v) is 24.9. The van der Waals surface area contributed by atoms with Crippen LogP contribution in [0.5, 0.6) is 0 Å². The Bertz CT molecular complexity index is 1640. The third kappa shape index (κ3) is 4.63. The van der Waals surface area contributed by atoms with Crippen molar-refractivity contribution in [3.05, 3.63) is 104 Å². The summed E-state index contributed by atoms with van der Waals surface area (Å²) in [5, 5.41) is 22.4. The van der Waals surface area contributed by atoms with E-state index in [1.165, 1.54) is 11.1 Å². The Hall–Kier alpha value is -4.26. The first-order valence-electron chi connectivity index (χ1n) is 14.3. The number of fused-ring (bicyclic) bond motifs is 5. The molecule has 212 valence electrons. The van der Waals surface area contributed by atoms with Crippen LogP contribution in [0.15, 0.2) is 119 Å². The van der Waals surface area contributed by atoms with E-state index < -0.39 is 5.97 Å². The molecule has 2 unspecified atom stereocenters. The zero-order chi connectivity index (χ0) is 29.7. The molecule has 41 heavy (non-hydrogen) atoms. The van der Waals surface area contributed by atoms with Crippen molar-refractivity contribution in [1.82, 2.24) is 5.32 Å². The van der Waals surface area contributed by atoms with Crippen LogP contribution in [0.1, 0.15) is 67.7 Å². The van der Waals surface area contributed by atoms with Gasteiger partial charge in [-0.05, 0) is 67.7 Å². The maximum absolute atomic E-state index is 11.0. The monoisotopic (exact) mass is 550 g/mol. The maximum Gasteiger partial charge on any atom is 0.303 e. The summed E-state index contributed by atoms with van der Waals surface area (Å²) in [7, 11) is 0. The van der Waals surface area contributed by atoms with Gasteiger partial charge in [0.1, 0.15) is 5.76 Å². The van der Waals surface area contributed by atoms with Gasteiger partial charge in [0.2, 0.25) is 0 Å². The fourth-order valence-electron chi connectivity index (χ4n) is 6.11. The van der Waals surface area contributed by atoms with Gasteiger partial charge in [-0.15, -0.1) is 0 Å². The third-order valence-electron chi connectivity index (χ3n) is 8.84. The maximum atomic E-state index is 11.0. The van der Waals surface area contributed by atoms with Crippen molar-refractivity contribution >= 4 is 23.1 Å². The molecule has 0 aromatic carbocycles. The first-order chi connectivity index (χ1) is 19.5. The van der Waals surface area contributed by atoms with E-state index in [-0.39, 0.29) is 12.3 Å². The topological polar surface area (TPSA) is 107 Å². The van der Waals surface area contributed by atoms with Crippen molar-refractivity contribution in [3.63, 3.8) is 0 Å². The largest absolute Gasteiger partial charge is 0.511 e. The minimum atomic E-state index is -0.745. The summed E-state index contributed by atoms with van der Waals surface area (Å²) in [6.07, 6.45) is 9.86. The van der Waals surface area contributed by atoms with Crippen LogP contribution in [-0.4, -0.2) is 33.3 Å². The number of carboxylic acids is 1. The lowest BCUT2D eigenvalue weighted by molar-refractivity contribution is -0.136. The van der Waals surface area contributed by atoms with Gasteiger partial charge in [0, 0.05) is 52.8 Å². The Morgan fingerprint density at radius 2 is 1.66 bits per heavy atom. The normalized spacial score (nSPS) is 24.6. The zero-order valence-electron chi connectivity index (χ0n) is 24.9. The minimum Gasteiger partial charge on any atom is -0.511 e. The molecule has 5 heterocycles. The quantitative estimate of drug-likeness (QED) is 0.342. The fraction of sp³-hybridized carbons (Fsp3) is 0.353. The highest BCUT2D eigenvalue weighted by atomic mass is 16.4. The average molecular weight is 551 g/mol. The standard InChI is InChI=1S/C31H32N4O.C3H6O2/c1-8-19-16(5)23-11-22-14(3)15(4)30(34-22)21-10-28(36)29-18(7)25(35-31(21)29)13-27-20(9-2)17(6)24(33-27)12-26(19)32-23;1-2-3(4)5/h8,11-15,34,36H,1,9-10H2,2-7H3;2H2,1H3,(H,4,5). The van der Waals surface area contributed by atoms with Crippen LogP contribution >= 0.6 is 0 Å². The Kier molecular flexibility index (Phi) is 7.32. The number of hydrogen-bond acceptors (Lipinski definition) is 6. The molecule has 1 fully saturated rings. The Labute approximate surface area is 242 Å². The molecule has 2 atom stereocenters. The SMILES string of the molecule is C=CC1=C(C)C2=NC1=CC1=NC(=CC3=C(C)C4=C(O)CC(=C5NC(=C2)C(C)C5C)C4=N3)C(CC)=C1C.CCC(=O)O. The highest BCUT2D eigenvalue weighted by molar-refractivity contribution is 6.21. The van der Waals surface area contributed by atoms with Crippen LogP contribution in [0.25, 0.3) is 0 Å². The lowest BCUT2D eigenvalue weighted by Crippen LogP contribution is -2.13. The summed E-state index contributed by atoms with van der Waals surface area (Å²) < 4.78 is 0. The summed E-state index contributed by atoms with van der Waals surface area (Å²) in [4.78, 5) is 24.5. The summed E-state index contributed by atoms with van der Waals surface area (Å²) >= 11 is 0. The molecule has 8 bridgehead atoms. The number of aliphatic imine (C=N–C) groups is 3. The molecular weight excluding hydrogens is 512 g/mol. The molecule has 7 nitrogen and oxygen atoms in total. The van der Waals surface area contributed by atoms with Crippen LogP contribution in [0, 0.1) is 11.8 Å². The van der Waals surface area contributed by atoms with Gasteiger partial charge >= 0.3 is 5.97 Å². The first kappa shape index (κ1) is 28.3. The number of rotatable bonds is 3. The number of nitrogens with zero attached hydrogens (tertiary/aromatic N) is 3. The second-order valence-electron chi connectivity index (χ2n) is 11.2. The molecule has 5 aliphatic heterocycles. The Morgan fingerprint density at radius 1 is 1.00 bits per heavy atom. The predicted octanol–water partition coefficient (Wildman–Crippen LogP) is 7.34. The van der Waals surface area contributed by atoms with E-state index in [1.54, 1.807) is 6.92 Å². The number of aliphatic hydroxyl groups is 1. The predicted molar refractivity (Wildman–Crippen MR) is 166 cm³/mol. The van der Waals surface area contributed by atoms with Gasteiger partial charge in [-0.25, -0.2) is 15.0 Å². The van der Waals surface area contributed by atoms with Crippen LogP contribution in [-0.2, 0) is 4.79 Å². The number of allylic oxidation sites excluding steroid dienone is 12. The summed E-state index contributed by atoms with van der Waals surface area (Å²) in [6, 6.07) is 0. The molecule has 6 rings (SSSR count). The van der Waals surface area contributed by atoms with Crippen molar-refractivity contribution in [3.8, 4) is 0 Å². The van der Waals surface area contributed by atoms with Crippen LogP contribution in [0.4, 0.5) is 0 Å². The molecule has 7 heteroatoms. The minimum absolute atomic E-state index is 0.222. The molecule has 0 saturated carbocycles. The summed E-state index contributed by atoms with van der Waals surface area (Å²) in [5.74, 6) is 0.228. The third-order valence-corrected chi connectivity index (χ3v) is 8.84. The van der Waals surface area contributed by atoms with Crippen LogP contribution in [0.3, 0.4) is 0 Å². The molecular formula is C34H38N4O3. The van der Waals surface area contributed by atoms with E-state index in [0.717, 1.165) is 79.9 Å². The van der Waals surface area contributed by atoms with Crippen molar-refractivity contribution in [1.29, 1.82) is 0 Å². The number of aliphatic carboxylic acids is 1. The Morgan fingerprint density at radius 3 is 2.29 bits per heavy atom. The highest BCUT2D eigenvalue weighted by Gasteiger charge is 2.39. The number of hydrogen-bond donors (Lipinski definition) is 3. The van der Waals surface area contributed by atoms with E-state index in [0.29, 0.717) is 18.1 Å². The second-order valence-corrected chi connectivity index (χ2v) is 11.2. The summed E-state index contributed by atoms with van der Waals surface area (Å²) in [6.45, 7) is 18.6. The smallest absolute Gasteiger partial charge is 0.303 e. The van der Waals surface area contributed by atoms with Crippen molar-refractivity contribution < 1.29 is 15.0 Å². The molecule has 0 spiro atoms. The van der Waals surface area contributed by atoms with E-state index in [1.807, 2.05) is 6.08 Å². The lowest BCUT2D eigenvalue weighted by atomic mass is 9.91. The number of nitrogens with one attached hydrogen (secondary N) is 1. The van der Waals surface area contributed by atoms with Crippen molar-refractivity contribution in [2.75, 3.05) is 0 Å². The van der Waals surface area contributed by atoms with Crippen LogP contribution in [0.2, 0.25) is 0 Å². The molecule has 1 saturated heterocycles. The molecule has 0 amide bonds. The molecule has 6 aliphatic rings. The van der Waals surface area contributed by atoms with Gasteiger partial charge in [-0.1, -0.05) is 40.3 Å². The number of aliphatic hydroxyl groups excluding tert-OH is 1. The summed E-state index contributed by atoms with van der Waals surface area (Å²) in [5.41, 5.74) is 15.3. The molecule has 0 aromatic rings. The van der Waals surface area contributed by atoms with E-state index in [4.69, 9.17) is 20.1 Å². The molecule has 0 radical (unpaired) electrons. The second kappa shape index (κ2) is 10.6. The van der Waals surface area contributed by atoms with Crippen molar-refractivity contribution in [2.45, 2.75) is 67.7 Å². The van der Waals surface area contributed by atoms with Gasteiger partial charge in [0.25, 0.3) is 0 Å². The number of carbonyl (C=O) groups is 1. The molecule has 1 aliphatic carbocycles. The van der Waals surface area contributed by atoms with Gasteiger partial charge in [-0.3, -0.25) is 4.79 Å². The van der Waals surface area contributed by atoms with Gasteiger partial charge in [-0.2, -0.15) is 0 Å². The average Bonchev–Trinajstić information content (AvgIpc) is 3.68. The lowest BCUT2D eigenvalue weighted by Gasteiger charge is -2.12. The van der Waals surface area contributed by atoms with E-state index in [9.17, 15) is 9.90 Å². The fourth-order valence-corrected chi connectivity index (χ4v) is 6.11. The molecule has 0 aromatic heterocycles. The van der Waals surface area contributed by atoms with Gasteiger partial charge in [0.05, 0.1) is 34.2 Å².